The fourth-order valence-electron chi connectivity index (χ4n) is 2.36. The van der Waals surface area contributed by atoms with Crippen LogP contribution in [0, 0.1) is 0 Å². The fourth-order valence-corrected chi connectivity index (χ4v) is 14.0. The Hall–Kier alpha value is -0.810. The van der Waals surface area contributed by atoms with Gasteiger partial charge in [-0.2, -0.15) is 92.6 Å². The highest BCUT2D eigenvalue weighted by Gasteiger charge is 2.46. The Morgan fingerprint density at radius 2 is 0.405 bits per heavy atom. The van der Waals surface area contributed by atoms with Crippen LogP contribution in [0.3, 0.4) is 0 Å². The summed E-state index contributed by atoms with van der Waals surface area (Å²) in [5, 5.41) is 7.19. The number of rotatable bonds is 12. The third-order valence-electron chi connectivity index (χ3n) is 3.78. The van der Waals surface area contributed by atoms with E-state index in [4.69, 9.17) is 0 Å². The van der Waals surface area contributed by atoms with Crippen molar-refractivity contribution >= 4 is 22.5 Å². The first-order valence-corrected chi connectivity index (χ1v) is 15.3. The van der Waals surface area contributed by atoms with Crippen LogP contribution in [-0.2, 0) is 0 Å². The van der Waals surface area contributed by atoms with Gasteiger partial charge in [-0.3, -0.25) is 0 Å². The molecule has 1 aliphatic heterocycles. The summed E-state index contributed by atoms with van der Waals surface area (Å²) < 4.78 is 244. The summed E-state index contributed by atoms with van der Waals surface area (Å²) in [4.78, 5) is 0. The lowest BCUT2D eigenvalue weighted by molar-refractivity contribution is -0.123. The van der Waals surface area contributed by atoms with Gasteiger partial charge < -0.3 is 0 Å². The smallest absolute Gasteiger partial charge is 0.244 e. The van der Waals surface area contributed by atoms with Gasteiger partial charge in [0.2, 0.25) is 22.5 Å². The van der Waals surface area contributed by atoms with Gasteiger partial charge in [0.25, 0.3) is 0 Å². The van der Waals surface area contributed by atoms with Crippen LogP contribution in [0.5, 0.6) is 0 Å². The van der Waals surface area contributed by atoms with Gasteiger partial charge in [0.15, 0.2) is 0 Å². The van der Waals surface area contributed by atoms with Crippen molar-refractivity contribution in [3.63, 3.8) is 0 Å². The van der Waals surface area contributed by atoms with E-state index in [0.717, 1.165) is 0 Å². The Morgan fingerprint density at radius 1 is 0.286 bits per heavy atom. The molecule has 0 bridgehead atoms. The Kier molecular flexibility index (Phi) is 12.4. The van der Waals surface area contributed by atoms with Gasteiger partial charge in [-0.15, -0.1) is 0 Å². The molecule has 0 saturated heterocycles. The van der Waals surface area contributed by atoms with Crippen molar-refractivity contribution in [2.75, 3.05) is 39.3 Å². The molecular formula is C12H18F18N9P3. The Morgan fingerprint density at radius 3 is 0.500 bits per heavy atom. The number of halogens is 18. The second kappa shape index (κ2) is 13.3. The van der Waals surface area contributed by atoms with Crippen molar-refractivity contribution < 1.29 is 79.0 Å². The molecule has 0 aromatic rings. The molecule has 0 amide bonds. The summed E-state index contributed by atoms with van der Waals surface area (Å²) in [5.41, 5.74) is 0. The van der Waals surface area contributed by atoms with Crippen LogP contribution in [0.2, 0.25) is 0 Å². The van der Waals surface area contributed by atoms with Crippen LogP contribution in [0.1, 0.15) is 0 Å². The van der Waals surface area contributed by atoms with Gasteiger partial charge in [-0.25, -0.2) is 30.5 Å². The van der Waals surface area contributed by atoms with E-state index >= 15 is 0 Å². The predicted molar refractivity (Wildman–Crippen MR) is 112 cm³/mol. The minimum atomic E-state index is -5.56. The summed E-state index contributed by atoms with van der Waals surface area (Å²) in [7, 11) is -16.7. The lowest BCUT2D eigenvalue weighted by Gasteiger charge is -2.38. The molecule has 0 saturated carbocycles. The first-order valence-electron chi connectivity index (χ1n) is 10.2. The van der Waals surface area contributed by atoms with E-state index in [9.17, 15) is 79.0 Å². The maximum atomic E-state index is 13.0. The molecule has 1 heterocycles. The van der Waals surface area contributed by atoms with Crippen LogP contribution in [0.15, 0.2) is 13.5 Å². The molecule has 30 heteroatoms. The van der Waals surface area contributed by atoms with Crippen LogP contribution >= 0.6 is 22.5 Å². The Balaban J connectivity index is 4.20. The molecule has 0 aromatic carbocycles. The number of alkyl halides is 18. The standard InChI is InChI=1S/C12H18F18N9P3/c13-7(14,15)1-31-40(32-2-8(16,17)18)37-41(33-3-9(19,20)21,34-4-10(22,23)24)39-42(38-40,35-5-11(25,26)27)36-6-12(28,29)30/h31-36H,1-6H2. The Bertz CT molecular complexity index is 852. The van der Waals surface area contributed by atoms with E-state index < -0.39 is 98.8 Å². The van der Waals surface area contributed by atoms with Gasteiger partial charge in [0.1, 0.15) is 0 Å². The second-order valence-electron chi connectivity index (χ2n) is 7.77. The molecule has 0 atom stereocenters. The highest BCUT2D eigenvalue weighted by atomic mass is 31.3. The summed E-state index contributed by atoms with van der Waals surface area (Å²) in [6.45, 7) is -14.8. The first-order chi connectivity index (χ1) is 18.4. The van der Waals surface area contributed by atoms with Gasteiger partial charge >= 0.3 is 37.1 Å². The molecule has 0 unspecified atom stereocenters. The average Bonchev–Trinajstić information content (AvgIpc) is 2.74. The molecule has 0 aliphatic carbocycles. The molecule has 0 fully saturated rings. The molecule has 252 valence electrons. The molecule has 1 rings (SSSR count). The molecule has 1 aliphatic rings. The Labute approximate surface area is 223 Å². The maximum absolute atomic E-state index is 13.0. The summed E-state index contributed by atoms with van der Waals surface area (Å²) >= 11 is 0. The van der Waals surface area contributed by atoms with Crippen molar-refractivity contribution in [2.24, 2.45) is 13.5 Å². The summed E-state index contributed by atoms with van der Waals surface area (Å²) in [5.74, 6) is 0. The van der Waals surface area contributed by atoms with Crippen LogP contribution in [0.25, 0.3) is 0 Å². The number of nitrogens with zero attached hydrogens (tertiary/aromatic N) is 3. The number of hydrogen-bond donors (Lipinski definition) is 6. The SMILES string of the molecule is FC(F)(F)CNP1(NCC(F)(F)F)=NP(NCC(F)(F)F)(NCC(F)(F)F)=NP(NCC(F)(F)F)(NCC(F)(F)F)=N1. The van der Waals surface area contributed by atoms with Crippen molar-refractivity contribution in [1.29, 1.82) is 0 Å². The van der Waals surface area contributed by atoms with Gasteiger partial charge in [-0.05, 0) is 0 Å². The van der Waals surface area contributed by atoms with Crippen molar-refractivity contribution in [3.05, 3.63) is 0 Å². The van der Waals surface area contributed by atoms with Crippen LogP contribution < -0.4 is 30.5 Å². The fraction of sp³-hybridized carbons (Fsp3) is 1.00. The van der Waals surface area contributed by atoms with Crippen LogP contribution in [0.4, 0.5) is 79.0 Å². The third kappa shape index (κ3) is 16.3. The van der Waals surface area contributed by atoms with E-state index in [1.54, 1.807) is 0 Å². The van der Waals surface area contributed by atoms with E-state index in [2.05, 4.69) is 13.5 Å². The molecule has 6 N–H and O–H groups in total. The van der Waals surface area contributed by atoms with E-state index in [0.29, 0.717) is 0 Å². The predicted octanol–water partition coefficient (Wildman–Crippen LogP) is 6.75. The normalized spacial score (nSPS) is 19.6. The summed E-state index contributed by atoms with van der Waals surface area (Å²) in [6, 6.07) is 0. The summed E-state index contributed by atoms with van der Waals surface area (Å²) in [6.07, 6.45) is -32.6. The lowest BCUT2D eigenvalue weighted by Crippen LogP contribution is -2.40. The molecular weight excluding hydrogens is 705 g/mol. The zero-order chi connectivity index (χ0) is 33.1. The first kappa shape index (κ1) is 39.2. The highest BCUT2D eigenvalue weighted by Crippen LogP contribution is 2.71. The van der Waals surface area contributed by atoms with Gasteiger partial charge in [0.05, 0.1) is 39.3 Å². The minimum absolute atomic E-state index is 1.20. The van der Waals surface area contributed by atoms with E-state index in [1.165, 1.54) is 30.5 Å². The van der Waals surface area contributed by atoms with Crippen molar-refractivity contribution in [2.45, 2.75) is 37.1 Å². The monoisotopic (exact) mass is 723 g/mol. The highest BCUT2D eigenvalue weighted by molar-refractivity contribution is 7.83. The largest absolute Gasteiger partial charge is 0.401 e. The number of nitrogens with one attached hydrogen (secondary N) is 6. The van der Waals surface area contributed by atoms with E-state index in [-0.39, 0.29) is 0 Å². The van der Waals surface area contributed by atoms with E-state index in [1.807, 2.05) is 0 Å². The zero-order valence-corrected chi connectivity index (χ0v) is 22.4. The van der Waals surface area contributed by atoms with Gasteiger partial charge in [-0.1, -0.05) is 0 Å². The quantitative estimate of drug-likeness (QED) is 0.0984. The molecule has 0 aromatic heterocycles. The number of hydrogen-bond acceptors (Lipinski definition) is 9. The van der Waals surface area contributed by atoms with Crippen molar-refractivity contribution in [1.82, 2.24) is 30.5 Å². The van der Waals surface area contributed by atoms with Crippen LogP contribution in [-0.4, -0.2) is 76.3 Å². The molecule has 0 spiro atoms. The molecule has 9 nitrogen and oxygen atoms in total. The van der Waals surface area contributed by atoms with Crippen molar-refractivity contribution in [3.8, 4) is 0 Å². The topological polar surface area (TPSA) is 109 Å². The second-order valence-corrected chi connectivity index (χ2v) is 15.4. The van der Waals surface area contributed by atoms with Gasteiger partial charge in [0, 0.05) is 0 Å². The maximum Gasteiger partial charge on any atom is 0.401 e. The third-order valence-corrected chi connectivity index (χ3v) is 13.6. The lowest BCUT2D eigenvalue weighted by atomic mass is 10.7. The average molecular weight is 723 g/mol. The molecule has 0 radical (unpaired) electrons. The zero-order valence-electron chi connectivity index (χ0n) is 19.7. The molecule has 42 heavy (non-hydrogen) atoms. The minimum Gasteiger partial charge on any atom is -0.244 e.